The highest BCUT2D eigenvalue weighted by molar-refractivity contribution is 6.32. The molecule has 0 saturated carbocycles. The zero-order valence-electron chi connectivity index (χ0n) is 18.0. The van der Waals surface area contributed by atoms with Gasteiger partial charge >= 0.3 is 5.97 Å². The average molecular weight is 467 g/mol. The van der Waals surface area contributed by atoms with E-state index in [0.717, 1.165) is 6.07 Å². The van der Waals surface area contributed by atoms with E-state index in [1.54, 1.807) is 13.8 Å². The molecule has 32 heavy (non-hydrogen) atoms. The van der Waals surface area contributed by atoms with Crippen molar-refractivity contribution >= 4 is 35.1 Å². The number of benzene rings is 2. The Bertz CT molecular complexity index is 998. The fraction of sp³-hybridized carbons (Fsp3) is 0.318. The molecule has 2 rings (SSSR count). The minimum atomic E-state index is -1.08. The van der Waals surface area contributed by atoms with Gasteiger partial charge in [0.15, 0.2) is 6.61 Å². The molecule has 0 aliphatic rings. The highest BCUT2D eigenvalue weighted by Crippen LogP contribution is 2.35. The molecule has 0 heterocycles. The van der Waals surface area contributed by atoms with E-state index in [1.807, 2.05) is 0 Å². The summed E-state index contributed by atoms with van der Waals surface area (Å²) in [5.74, 6) is -2.73. The number of ether oxygens (including phenoxy) is 3. The summed E-state index contributed by atoms with van der Waals surface area (Å²) in [5, 5.41) is 5.29. The van der Waals surface area contributed by atoms with Gasteiger partial charge < -0.3 is 24.8 Å². The maximum absolute atomic E-state index is 13.8. The maximum Gasteiger partial charge on any atom is 0.329 e. The van der Waals surface area contributed by atoms with Crippen molar-refractivity contribution in [3.05, 3.63) is 52.8 Å². The van der Waals surface area contributed by atoms with E-state index in [-0.39, 0.29) is 22.9 Å². The number of hydrogen-bond donors (Lipinski definition) is 2. The van der Waals surface area contributed by atoms with Gasteiger partial charge in [-0.3, -0.25) is 9.59 Å². The third-order valence-corrected chi connectivity index (χ3v) is 4.71. The predicted molar refractivity (Wildman–Crippen MR) is 117 cm³/mol. The third-order valence-electron chi connectivity index (χ3n) is 4.42. The van der Waals surface area contributed by atoms with E-state index in [0.29, 0.717) is 10.8 Å². The number of carbonyl (C=O) groups is 3. The Labute approximate surface area is 190 Å². The van der Waals surface area contributed by atoms with Crippen LogP contribution in [0.3, 0.4) is 0 Å². The second kappa shape index (κ2) is 11.3. The summed E-state index contributed by atoms with van der Waals surface area (Å²) in [6, 6.07) is 7.24. The van der Waals surface area contributed by atoms with E-state index in [4.69, 9.17) is 25.8 Å². The van der Waals surface area contributed by atoms with E-state index in [1.165, 1.54) is 44.6 Å². The molecular formula is C22H24ClFN2O6. The number of esters is 1. The Morgan fingerprint density at radius 1 is 1.06 bits per heavy atom. The van der Waals surface area contributed by atoms with Crippen LogP contribution in [0.25, 0.3) is 0 Å². The van der Waals surface area contributed by atoms with Crippen LogP contribution in [0.15, 0.2) is 36.4 Å². The van der Waals surface area contributed by atoms with Gasteiger partial charge in [0.1, 0.15) is 23.4 Å². The van der Waals surface area contributed by atoms with Crippen molar-refractivity contribution in [3.63, 3.8) is 0 Å². The number of rotatable bonds is 9. The lowest BCUT2D eigenvalue weighted by atomic mass is 10.0. The van der Waals surface area contributed by atoms with Crippen LogP contribution in [0.4, 0.5) is 10.1 Å². The fourth-order valence-corrected chi connectivity index (χ4v) is 2.96. The molecule has 0 unspecified atom stereocenters. The van der Waals surface area contributed by atoms with Crippen LogP contribution in [-0.2, 0) is 14.3 Å². The minimum absolute atomic E-state index is 0.201. The summed E-state index contributed by atoms with van der Waals surface area (Å²) in [7, 11) is 2.82. The first-order valence-electron chi connectivity index (χ1n) is 9.61. The molecule has 0 aliphatic heterocycles. The number of halogens is 2. The molecule has 0 bridgehead atoms. The van der Waals surface area contributed by atoms with Crippen molar-refractivity contribution in [1.29, 1.82) is 0 Å². The molecule has 2 amide bonds. The van der Waals surface area contributed by atoms with Crippen molar-refractivity contribution in [3.8, 4) is 11.5 Å². The van der Waals surface area contributed by atoms with Gasteiger partial charge in [-0.05, 0) is 18.1 Å². The SMILES string of the molecule is COc1cc(NC(=O)COC(=O)[C@@H](NC(=O)c2ccccc2F)C(C)C)c(OC)cc1Cl. The molecule has 0 aromatic heterocycles. The van der Waals surface area contributed by atoms with Crippen LogP contribution in [0.1, 0.15) is 24.2 Å². The van der Waals surface area contributed by atoms with Crippen LogP contribution >= 0.6 is 11.6 Å². The van der Waals surface area contributed by atoms with Gasteiger partial charge in [-0.25, -0.2) is 9.18 Å². The van der Waals surface area contributed by atoms with Crippen molar-refractivity contribution in [2.75, 3.05) is 26.1 Å². The summed E-state index contributed by atoms with van der Waals surface area (Å²) < 4.78 is 29.2. The summed E-state index contributed by atoms with van der Waals surface area (Å²) in [4.78, 5) is 37.1. The molecule has 0 spiro atoms. The molecule has 2 aromatic rings. The zero-order chi connectivity index (χ0) is 23.8. The summed E-state index contributed by atoms with van der Waals surface area (Å²) in [6.07, 6.45) is 0. The maximum atomic E-state index is 13.8. The number of anilines is 1. The number of methoxy groups -OCH3 is 2. The van der Waals surface area contributed by atoms with Crippen molar-refractivity contribution in [2.45, 2.75) is 19.9 Å². The number of hydrogen-bond acceptors (Lipinski definition) is 6. The van der Waals surface area contributed by atoms with Gasteiger partial charge in [-0.15, -0.1) is 0 Å². The first-order chi connectivity index (χ1) is 15.2. The Morgan fingerprint density at radius 3 is 2.31 bits per heavy atom. The second-order valence-electron chi connectivity index (χ2n) is 7.02. The van der Waals surface area contributed by atoms with Crippen LogP contribution < -0.4 is 20.1 Å². The van der Waals surface area contributed by atoms with E-state index < -0.39 is 36.2 Å². The average Bonchev–Trinajstić information content (AvgIpc) is 2.76. The molecule has 2 aromatic carbocycles. The van der Waals surface area contributed by atoms with Gasteiger partial charge in [0, 0.05) is 12.1 Å². The number of amides is 2. The van der Waals surface area contributed by atoms with Gasteiger partial charge in [0.05, 0.1) is 30.5 Å². The van der Waals surface area contributed by atoms with E-state index >= 15 is 0 Å². The Morgan fingerprint density at radius 2 is 1.72 bits per heavy atom. The molecule has 2 N–H and O–H groups in total. The predicted octanol–water partition coefficient (Wildman–Crippen LogP) is 3.43. The van der Waals surface area contributed by atoms with Crippen molar-refractivity contribution < 1.29 is 33.0 Å². The topological polar surface area (TPSA) is 103 Å². The Balaban J connectivity index is 2.02. The lowest BCUT2D eigenvalue weighted by Crippen LogP contribution is -2.46. The first-order valence-corrected chi connectivity index (χ1v) is 9.99. The molecule has 1 atom stereocenters. The number of nitrogens with one attached hydrogen (secondary N) is 2. The third kappa shape index (κ3) is 6.34. The highest BCUT2D eigenvalue weighted by atomic mass is 35.5. The van der Waals surface area contributed by atoms with Gasteiger partial charge in [-0.2, -0.15) is 0 Å². The molecule has 10 heteroatoms. The van der Waals surface area contributed by atoms with Crippen molar-refractivity contribution in [2.24, 2.45) is 5.92 Å². The normalized spacial score (nSPS) is 11.5. The second-order valence-corrected chi connectivity index (χ2v) is 7.43. The molecule has 172 valence electrons. The highest BCUT2D eigenvalue weighted by Gasteiger charge is 2.27. The van der Waals surface area contributed by atoms with Gasteiger partial charge in [0.2, 0.25) is 0 Å². The van der Waals surface area contributed by atoms with Gasteiger partial charge in [0.25, 0.3) is 11.8 Å². The van der Waals surface area contributed by atoms with Gasteiger partial charge in [-0.1, -0.05) is 37.6 Å². The summed E-state index contributed by atoms with van der Waals surface area (Å²) >= 11 is 6.03. The minimum Gasteiger partial charge on any atom is -0.495 e. The first kappa shape index (κ1) is 24.9. The zero-order valence-corrected chi connectivity index (χ0v) is 18.8. The lowest BCUT2D eigenvalue weighted by molar-refractivity contribution is -0.150. The lowest BCUT2D eigenvalue weighted by Gasteiger charge is -2.21. The largest absolute Gasteiger partial charge is 0.495 e. The summed E-state index contributed by atoms with van der Waals surface area (Å²) in [6.45, 7) is 2.74. The summed E-state index contributed by atoms with van der Waals surface area (Å²) in [5.41, 5.74) is 0.0653. The molecule has 0 fully saturated rings. The fourth-order valence-electron chi connectivity index (χ4n) is 2.73. The smallest absolute Gasteiger partial charge is 0.329 e. The molecular weight excluding hydrogens is 443 g/mol. The Kier molecular flexibility index (Phi) is 8.83. The monoisotopic (exact) mass is 466 g/mol. The standard InChI is InChI=1S/C22H24ClFN2O6/c1-12(2)20(26-21(28)13-7-5-6-8-15(13)24)22(29)32-11-19(27)25-16-10-17(30-3)14(23)9-18(16)31-4/h5-10,12,20H,11H2,1-4H3,(H,25,27)(H,26,28)/t20-/m0/s1. The Hall–Kier alpha value is -3.33. The van der Waals surface area contributed by atoms with E-state index in [9.17, 15) is 18.8 Å². The molecule has 0 aliphatic carbocycles. The van der Waals surface area contributed by atoms with Crippen molar-refractivity contribution in [1.82, 2.24) is 5.32 Å². The van der Waals surface area contributed by atoms with Crippen LogP contribution in [0.5, 0.6) is 11.5 Å². The molecule has 0 saturated heterocycles. The van der Waals surface area contributed by atoms with E-state index in [2.05, 4.69) is 10.6 Å². The molecule has 0 radical (unpaired) electrons. The van der Waals surface area contributed by atoms with Crippen LogP contribution in [0, 0.1) is 11.7 Å². The number of carbonyl (C=O) groups excluding carboxylic acids is 3. The van der Waals surface area contributed by atoms with Crippen LogP contribution in [0.2, 0.25) is 5.02 Å². The molecule has 8 nitrogen and oxygen atoms in total. The quantitative estimate of drug-likeness (QED) is 0.549. The van der Waals surface area contributed by atoms with Crippen LogP contribution in [-0.4, -0.2) is 44.7 Å².